The number of carbonyl (C=O) groups is 1. The van der Waals surface area contributed by atoms with Crippen molar-refractivity contribution in [1.82, 2.24) is 0 Å². The molecular formula is C7H9NOS. The second-order valence-corrected chi connectivity index (χ2v) is 2.93. The molecule has 0 bridgehead atoms. The molecule has 1 heterocycles. The summed E-state index contributed by atoms with van der Waals surface area (Å²) in [7, 11) is 0. The van der Waals surface area contributed by atoms with E-state index in [1.807, 2.05) is 16.8 Å². The van der Waals surface area contributed by atoms with E-state index >= 15 is 0 Å². The topological polar surface area (TPSA) is 43.1 Å². The van der Waals surface area contributed by atoms with E-state index in [0.717, 1.165) is 5.56 Å². The Balaban J connectivity index is 2.77. The minimum Gasteiger partial charge on any atom is -0.318 e. The first kappa shape index (κ1) is 7.44. The van der Waals surface area contributed by atoms with Gasteiger partial charge in [-0.1, -0.05) is 0 Å². The maximum absolute atomic E-state index is 10.7. The third kappa shape index (κ3) is 1.43. The molecule has 2 nitrogen and oxygen atoms in total. The molecule has 0 fully saturated rings. The molecule has 0 spiro atoms. The molecule has 3 heteroatoms. The highest BCUT2D eigenvalue weighted by molar-refractivity contribution is 7.08. The Morgan fingerprint density at radius 1 is 1.80 bits per heavy atom. The number of thiophene rings is 1. The Hall–Kier alpha value is -0.670. The fourth-order valence-electron chi connectivity index (χ4n) is 0.687. The van der Waals surface area contributed by atoms with Crippen LogP contribution in [0.1, 0.15) is 18.5 Å². The Bertz CT molecular complexity index is 218. The van der Waals surface area contributed by atoms with Crippen LogP contribution >= 0.6 is 11.3 Å². The smallest absolute Gasteiger partial charge is 0.151 e. The van der Waals surface area contributed by atoms with Gasteiger partial charge in [0.15, 0.2) is 5.78 Å². The van der Waals surface area contributed by atoms with Crippen LogP contribution in [0.25, 0.3) is 0 Å². The maximum Gasteiger partial charge on any atom is 0.151 e. The molecule has 1 aromatic heterocycles. The van der Waals surface area contributed by atoms with Crippen molar-refractivity contribution in [2.45, 2.75) is 13.0 Å². The molecule has 1 unspecified atom stereocenters. The Kier molecular flexibility index (Phi) is 2.19. The maximum atomic E-state index is 10.7. The van der Waals surface area contributed by atoms with Gasteiger partial charge in [0, 0.05) is 0 Å². The normalized spacial score (nSPS) is 13.0. The van der Waals surface area contributed by atoms with Crippen LogP contribution in [0.5, 0.6) is 0 Å². The van der Waals surface area contributed by atoms with Gasteiger partial charge < -0.3 is 5.73 Å². The largest absolute Gasteiger partial charge is 0.318 e. The van der Waals surface area contributed by atoms with E-state index in [9.17, 15) is 4.79 Å². The van der Waals surface area contributed by atoms with Crippen molar-refractivity contribution in [1.29, 1.82) is 0 Å². The molecule has 1 rings (SSSR count). The zero-order valence-corrected chi connectivity index (χ0v) is 6.52. The van der Waals surface area contributed by atoms with Crippen LogP contribution in [-0.2, 0) is 4.79 Å². The number of rotatable bonds is 2. The molecule has 54 valence electrons. The quantitative estimate of drug-likeness (QED) is 0.700. The molecule has 0 aliphatic rings. The molecule has 0 saturated heterocycles. The van der Waals surface area contributed by atoms with Crippen molar-refractivity contribution in [3.8, 4) is 0 Å². The van der Waals surface area contributed by atoms with Crippen LogP contribution < -0.4 is 5.73 Å². The lowest BCUT2D eigenvalue weighted by atomic mass is 10.1. The highest BCUT2D eigenvalue weighted by Crippen LogP contribution is 2.13. The van der Waals surface area contributed by atoms with E-state index in [0.29, 0.717) is 0 Å². The second-order valence-electron chi connectivity index (χ2n) is 2.15. The van der Waals surface area contributed by atoms with Crippen LogP contribution in [0.2, 0.25) is 0 Å². The standard InChI is InChI=1S/C7H9NOS/c1-5(9)7(8)6-2-3-10-4-6/h2-4,7H,8H2,1H3. The summed E-state index contributed by atoms with van der Waals surface area (Å²) in [6.07, 6.45) is 0. The van der Waals surface area contributed by atoms with Gasteiger partial charge in [0.1, 0.15) is 0 Å². The van der Waals surface area contributed by atoms with Crippen molar-refractivity contribution < 1.29 is 4.79 Å². The minimum atomic E-state index is -0.425. The van der Waals surface area contributed by atoms with Crippen molar-refractivity contribution in [2.24, 2.45) is 5.73 Å². The summed E-state index contributed by atoms with van der Waals surface area (Å²) in [6, 6.07) is 1.45. The Morgan fingerprint density at radius 2 is 2.50 bits per heavy atom. The zero-order valence-electron chi connectivity index (χ0n) is 5.70. The number of Topliss-reactive ketones (excluding diaryl/α,β-unsaturated/α-hetero) is 1. The van der Waals surface area contributed by atoms with E-state index in [4.69, 9.17) is 5.73 Å². The summed E-state index contributed by atoms with van der Waals surface area (Å²) < 4.78 is 0. The molecule has 0 amide bonds. The van der Waals surface area contributed by atoms with E-state index in [2.05, 4.69) is 0 Å². The summed E-state index contributed by atoms with van der Waals surface area (Å²) in [5.41, 5.74) is 6.45. The van der Waals surface area contributed by atoms with Gasteiger partial charge in [0.25, 0.3) is 0 Å². The number of ketones is 1. The zero-order chi connectivity index (χ0) is 7.56. The molecule has 1 aromatic rings. The minimum absolute atomic E-state index is 0.0124. The van der Waals surface area contributed by atoms with Gasteiger partial charge in [-0.25, -0.2) is 0 Å². The molecule has 0 radical (unpaired) electrons. The number of nitrogens with two attached hydrogens (primary N) is 1. The Morgan fingerprint density at radius 3 is 2.90 bits per heavy atom. The number of hydrogen-bond acceptors (Lipinski definition) is 3. The van der Waals surface area contributed by atoms with Crippen LogP contribution in [-0.4, -0.2) is 5.78 Å². The van der Waals surface area contributed by atoms with Gasteiger partial charge >= 0.3 is 0 Å². The van der Waals surface area contributed by atoms with Crippen molar-refractivity contribution in [3.63, 3.8) is 0 Å². The van der Waals surface area contributed by atoms with Crippen LogP contribution in [0.4, 0.5) is 0 Å². The summed E-state index contributed by atoms with van der Waals surface area (Å²) in [5.74, 6) is 0.0124. The van der Waals surface area contributed by atoms with E-state index < -0.39 is 6.04 Å². The summed E-state index contributed by atoms with van der Waals surface area (Å²) in [6.45, 7) is 1.50. The highest BCUT2D eigenvalue weighted by atomic mass is 32.1. The predicted molar refractivity (Wildman–Crippen MR) is 41.9 cm³/mol. The first-order chi connectivity index (χ1) is 4.72. The highest BCUT2D eigenvalue weighted by Gasteiger charge is 2.09. The van der Waals surface area contributed by atoms with Gasteiger partial charge in [-0.3, -0.25) is 4.79 Å². The fourth-order valence-corrected chi connectivity index (χ4v) is 1.38. The molecule has 0 aliphatic carbocycles. The van der Waals surface area contributed by atoms with Gasteiger partial charge in [-0.2, -0.15) is 11.3 Å². The van der Waals surface area contributed by atoms with Crippen molar-refractivity contribution in [3.05, 3.63) is 22.4 Å². The average Bonchev–Trinajstić information content (AvgIpc) is 2.36. The number of carbonyl (C=O) groups excluding carboxylic acids is 1. The van der Waals surface area contributed by atoms with Crippen LogP contribution in [0.3, 0.4) is 0 Å². The SMILES string of the molecule is CC(=O)C(N)c1ccsc1. The monoisotopic (exact) mass is 155 g/mol. The summed E-state index contributed by atoms with van der Waals surface area (Å²) in [4.78, 5) is 10.7. The fraction of sp³-hybridized carbons (Fsp3) is 0.286. The lowest BCUT2D eigenvalue weighted by Gasteiger charge is -2.02. The van der Waals surface area contributed by atoms with Crippen LogP contribution in [0.15, 0.2) is 16.8 Å². The van der Waals surface area contributed by atoms with Gasteiger partial charge in [0.2, 0.25) is 0 Å². The summed E-state index contributed by atoms with van der Waals surface area (Å²) >= 11 is 1.55. The Labute approximate surface area is 63.7 Å². The molecular weight excluding hydrogens is 146 g/mol. The second kappa shape index (κ2) is 2.94. The van der Waals surface area contributed by atoms with Gasteiger partial charge in [-0.15, -0.1) is 0 Å². The third-order valence-electron chi connectivity index (χ3n) is 1.34. The predicted octanol–water partition coefficient (Wildman–Crippen LogP) is 1.34. The van der Waals surface area contributed by atoms with Crippen molar-refractivity contribution >= 4 is 17.1 Å². The molecule has 1 atom stereocenters. The summed E-state index contributed by atoms with van der Waals surface area (Å²) in [5, 5.41) is 3.81. The lowest BCUT2D eigenvalue weighted by Crippen LogP contribution is -2.17. The molecule has 0 saturated carbocycles. The lowest BCUT2D eigenvalue weighted by molar-refractivity contribution is -0.118. The first-order valence-corrected chi connectivity index (χ1v) is 3.94. The number of hydrogen-bond donors (Lipinski definition) is 1. The van der Waals surface area contributed by atoms with E-state index in [1.54, 1.807) is 11.3 Å². The average molecular weight is 155 g/mol. The van der Waals surface area contributed by atoms with Crippen molar-refractivity contribution in [2.75, 3.05) is 0 Å². The molecule has 10 heavy (non-hydrogen) atoms. The third-order valence-corrected chi connectivity index (χ3v) is 2.04. The molecule has 0 aromatic carbocycles. The molecule has 0 aliphatic heterocycles. The van der Waals surface area contributed by atoms with E-state index in [-0.39, 0.29) is 5.78 Å². The van der Waals surface area contributed by atoms with Gasteiger partial charge in [-0.05, 0) is 29.3 Å². The molecule has 2 N–H and O–H groups in total. The van der Waals surface area contributed by atoms with E-state index in [1.165, 1.54) is 6.92 Å². The van der Waals surface area contributed by atoms with Crippen LogP contribution in [0, 0.1) is 0 Å². The first-order valence-electron chi connectivity index (χ1n) is 3.00. The van der Waals surface area contributed by atoms with Gasteiger partial charge in [0.05, 0.1) is 6.04 Å².